The minimum Gasteiger partial charge on any atom is -0.507 e. The van der Waals surface area contributed by atoms with E-state index in [4.69, 9.17) is 9.47 Å². The summed E-state index contributed by atoms with van der Waals surface area (Å²) in [4.78, 5) is 12.8. The van der Waals surface area contributed by atoms with E-state index in [0.717, 1.165) is 0 Å². The number of aliphatic hydroxyl groups is 4. The maximum Gasteiger partial charge on any atom is 0.229 e. The summed E-state index contributed by atoms with van der Waals surface area (Å²) >= 11 is 0. The van der Waals surface area contributed by atoms with Crippen LogP contribution >= 0.6 is 0 Å². The highest BCUT2D eigenvalue weighted by Crippen LogP contribution is 2.33. The minimum atomic E-state index is -1.68. The molecule has 31 heavy (non-hydrogen) atoms. The van der Waals surface area contributed by atoms with Crippen molar-refractivity contribution >= 4 is 5.78 Å². The second-order valence-corrected chi connectivity index (χ2v) is 7.21. The van der Waals surface area contributed by atoms with Gasteiger partial charge >= 0.3 is 0 Å². The van der Waals surface area contributed by atoms with Crippen molar-refractivity contribution in [2.24, 2.45) is 0 Å². The highest BCUT2D eigenvalue weighted by atomic mass is 16.7. The number of hydrogen-bond donors (Lipinski definition) is 7. The van der Waals surface area contributed by atoms with Gasteiger partial charge in [0, 0.05) is 6.42 Å². The van der Waals surface area contributed by atoms with Gasteiger partial charge in [-0.25, -0.2) is 0 Å². The Balaban J connectivity index is 1.78. The lowest BCUT2D eigenvalue weighted by Gasteiger charge is -2.39. The normalized spacial score (nSPS) is 25.9. The first-order valence-corrected chi connectivity index (χ1v) is 9.56. The standard InChI is InChI=1S/C21H24O10/c22-9-16-18(27)19(28)20(29)21(31-16)30-15-3-1-2-12(24)17(15)13(25)7-5-10-4-6-11(23)14(26)8-10/h1-4,6,8,16,18-24,26-29H,5,7,9H2/t16-,18-,19+,20-,21-/m1/s1. The molecule has 0 spiro atoms. The lowest BCUT2D eigenvalue weighted by Crippen LogP contribution is -2.60. The van der Waals surface area contributed by atoms with E-state index in [0.29, 0.717) is 5.56 Å². The Labute approximate surface area is 177 Å². The topological polar surface area (TPSA) is 177 Å². The second kappa shape index (κ2) is 9.50. The zero-order chi connectivity index (χ0) is 22.7. The number of aliphatic hydroxyl groups excluding tert-OH is 4. The van der Waals surface area contributed by atoms with Crippen LogP contribution < -0.4 is 4.74 Å². The van der Waals surface area contributed by atoms with Crippen LogP contribution in [0, 0.1) is 0 Å². The van der Waals surface area contributed by atoms with Gasteiger partial charge in [-0.3, -0.25) is 4.79 Å². The number of aromatic hydroxyl groups is 3. The summed E-state index contributed by atoms with van der Waals surface area (Å²) in [5, 5.41) is 68.4. The van der Waals surface area contributed by atoms with Crippen molar-refractivity contribution in [1.29, 1.82) is 0 Å². The lowest BCUT2D eigenvalue weighted by molar-refractivity contribution is -0.277. The van der Waals surface area contributed by atoms with Gasteiger partial charge in [0.15, 0.2) is 17.3 Å². The van der Waals surface area contributed by atoms with Crippen molar-refractivity contribution in [1.82, 2.24) is 0 Å². The summed E-state index contributed by atoms with van der Waals surface area (Å²) in [7, 11) is 0. The van der Waals surface area contributed by atoms with E-state index >= 15 is 0 Å². The van der Waals surface area contributed by atoms with E-state index in [9.17, 15) is 40.5 Å². The molecule has 0 bridgehead atoms. The van der Waals surface area contributed by atoms with Gasteiger partial charge in [0.1, 0.15) is 41.5 Å². The van der Waals surface area contributed by atoms with Gasteiger partial charge in [0.25, 0.3) is 0 Å². The molecule has 168 valence electrons. The highest BCUT2D eigenvalue weighted by Gasteiger charge is 2.45. The average Bonchev–Trinajstić information content (AvgIpc) is 2.74. The van der Waals surface area contributed by atoms with Crippen LogP contribution in [0.1, 0.15) is 22.3 Å². The smallest absolute Gasteiger partial charge is 0.229 e. The first kappa shape index (κ1) is 22.8. The largest absolute Gasteiger partial charge is 0.507 e. The number of phenolic OH excluding ortho intramolecular Hbond substituents is 3. The number of carbonyl (C=O) groups excluding carboxylic acids is 1. The van der Waals surface area contributed by atoms with Crippen molar-refractivity contribution in [2.75, 3.05) is 6.61 Å². The molecule has 1 aliphatic heterocycles. The number of benzene rings is 2. The molecule has 0 saturated carbocycles. The number of aryl methyl sites for hydroxylation is 1. The summed E-state index contributed by atoms with van der Waals surface area (Å²) in [6.45, 7) is -0.643. The van der Waals surface area contributed by atoms with E-state index in [2.05, 4.69) is 0 Å². The van der Waals surface area contributed by atoms with Crippen molar-refractivity contribution < 1.29 is 50.0 Å². The van der Waals surface area contributed by atoms with Gasteiger partial charge in [-0.1, -0.05) is 12.1 Å². The molecule has 7 N–H and O–H groups in total. The molecule has 10 nitrogen and oxygen atoms in total. The van der Waals surface area contributed by atoms with Crippen molar-refractivity contribution in [3.8, 4) is 23.0 Å². The monoisotopic (exact) mass is 436 g/mol. The Morgan fingerprint density at radius 3 is 2.35 bits per heavy atom. The van der Waals surface area contributed by atoms with Crippen LogP contribution in [0.5, 0.6) is 23.0 Å². The molecule has 0 radical (unpaired) electrons. The summed E-state index contributed by atoms with van der Waals surface area (Å²) in [6.07, 6.45) is -7.49. The number of ketones is 1. The summed E-state index contributed by atoms with van der Waals surface area (Å²) < 4.78 is 10.8. The van der Waals surface area contributed by atoms with Gasteiger partial charge in [-0.15, -0.1) is 0 Å². The van der Waals surface area contributed by atoms with Crippen molar-refractivity contribution in [3.63, 3.8) is 0 Å². The molecule has 1 heterocycles. The molecule has 1 aliphatic rings. The van der Waals surface area contributed by atoms with E-state index in [1.54, 1.807) is 6.07 Å². The Hall–Kier alpha value is -2.89. The van der Waals surface area contributed by atoms with Crippen LogP contribution in [0.3, 0.4) is 0 Å². The average molecular weight is 436 g/mol. The number of rotatable bonds is 7. The van der Waals surface area contributed by atoms with Crippen LogP contribution in [-0.4, -0.2) is 78.8 Å². The van der Waals surface area contributed by atoms with Crippen LogP contribution in [-0.2, 0) is 11.2 Å². The SMILES string of the molecule is O=C(CCc1ccc(O)c(O)c1)c1c(O)cccc1O[C@@H]1O[C@H](CO)[C@@H](O)[C@H](O)[C@H]1O. The van der Waals surface area contributed by atoms with Crippen molar-refractivity contribution in [3.05, 3.63) is 47.5 Å². The fourth-order valence-corrected chi connectivity index (χ4v) is 3.30. The molecule has 3 rings (SSSR count). The molecule has 2 aromatic rings. The van der Waals surface area contributed by atoms with E-state index in [-0.39, 0.29) is 41.4 Å². The third-order valence-corrected chi connectivity index (χ3v) is 5.06. The van der Waals surface area contributed by atoms with Gasteiger partial charge in [-0.05, 0) is 36.2 Å². The van der Waals surface area contributed by atoms with E-state index in [1.807, 2.05) is 0 Å². The molecular formula is C21H24O10. The molecule has 10 heteroatoms. The quantitative estimate of drug-likeness (QED) is 0.227. The number of phenols is 3. The second-order valence-electron chi connectivity index (χ2n) is 7.21. The molecule has 5 atom stereocenters. The summed E-state index contributed by atoms with van der Waals surface area (Å²) in [5.41, 5.74) is 0.401. The van der Waals surface area contributed by atoms with Crippen LogP contribution in [0.2, 0.25) is 0 Å². The number of Topliss-reactive ketones (excluding diaryl/α,β-unsaturated/α-hetero) is 1. The van der Waals surface area contributed by atoms with Gasteiger partial charge in [-0.2, -0.15) is 0 Å². The predicted molar refractivity (Wildman–Crippen MR) is 105 cm³/mol. The lowest BCUT2D eigenvalue weighted by atomic mass is 9.99. The third kappa shape index (κ3) is 4.89. The van der Waals surface area contributed by atoms with Crippen LogP contribution in [0.15, 0.2) is 36.4 Å². The fraction of sp³-hybridized carbons (Fsp3) is 0.381. The molecule has 0 unspecified atom stereocenters. The molecular weight excluding hydrogens is 412 g/mol. The Morgan fingerprint density at radius 2 is 1.68 bits per heavy atom. The zero-order valence-electron chi connectivity index (χ0n) is 16.3. The van der Waals surface area contributed by atoms with Crippen LogP contribution in [0.4, 0.5) is 0 Å². The number of ether oxygens (including phenoxy) is 2. The first-order valence-electron chi connectivity index (χ1n) is 9.56. The Bertz CT molecular complexity index is 928. The van der Waals surface area contributed by atoms with E-state index < -0.39 is 43.1 Å². The Kier molecular flexibility index (Phi) is 6.98. The Morgan fingerprint density at radius 1 is 0.935 bits per heavy atom. The maximum atomic E-state index is 12.8. The molecule has 0 aliphatic carbocycles. The minimum absolute atomic E-state index is 0.0766. The van der Waals surface area contributed by atoms with E-state index in [1.165, 1.54) is 30.3 Å². The van der Waals surface area contributed by atoms with Crippen LogP contribution in [0.25, 0.3) is 0 Å². The summed E-state index contributed by atoms with van der Waals surface area (Å²) in [6, 6.07) is 8.20. The maximum absolute atomic E-state index is 12.8. The molecule has 1 fully saturated rings. The zero-order valence-corrected chi connectivity index (χ0v) is 16.3. The first-order chi connectivity index (χ1) is 14.7. The van der Waals surface area contributed by atoms with Crippen molar-refractivity contribution in [2.45, 2.75) is 43.5 Å². The van der Waals surface area contributed by atoms with Gasteiger partial charge in [0.2, 0.25) is 6.29 Å². The van der Waals surface area contributed by atoms with Gasteiger partial charge < -0.3 is 45.2 Å². The number of carbonyl (C=O) groups is 1. The molecule has 2 aromatic carbocycles. The molecule has 0 aromatic heterocycles. The highest BCUT2D eigenvalue weighted by molar-refractivity contribution is 6.01. The fourth-order valence-electron chi connectivity index (χ4n) is 3.30. The summed E-state index contributed by atoms with van der Waals surface area (Å²) in [5.74, 6) is -1.61. The third-order valence-electron chi connectivity index (χ3n) is 5.06. The predicted octanol–water partition coefficient (Wildman–Crippen LogP) is -0.202. The number of hydrogen-bond acceptors (Lipinski definition) is 10. The molecule has 1 saturated heterocycles. The van der Waals surface area contributed by atoms with Gasteiger partial charge in [0.05, 0.1) is 6.61 Å². The molecule has 0 amide bonds.